The minimum absolute atomic E-state index is 0.560. The van der Waals surface area contributed by atoms with Gasteiger partial charge >= 0.3 is 0 Å². The average molecular weight is 344 g/mol. The molecule has 3 heterocycles. The number of hydrogen-bond donors (Lipinski definition) is 1. The van der Waals surface area contributed by atoms with Gasteiger partial charge in [-0.15, -0.1) is 0 Å². The van der Waals surface area contributed by atoms with Crippen molar-refractivity contribution in [2.45, 2.75) is 0 Å². The maximum absolute atomic E-state index is 5.69. The molecule has 0 atom stereocenters. The quantitative estimate of drug-likeness (QED) is 0.610. The molecule has 6 heteroatoms. The van der Waals surface area contributed by atoms with E-state index in [-0.39, 0.29) is 0 Å². The molecule has 1 aliphatic heterocycles. The molecule has 2 aromatic carbocycles. The summed E-state index contributed by atoms with van der Waals surface area (Å²) in [7, 11) is 0. The Kier molecular flexibility index (Phi) is 3.45. The van der Waals surface area contributed by atoms with E-state index in [9.17, 15) is 0 Å². The van der Waals surface area contributed by atoms with Crippen LogP contribution in [0.3, 0.4) is 0 Å². The van der Waals surface area contributed by atoms with E-state index in [1.165, 1.54) is 0 Å². The molecule has 0 saturated carbocycles. The van der Waals surface area contributed by atoms with Crippen LogP contribution in [0.1, 0.15) is 0 Å². The zero-order valence-electron chi connectivity index (χ0n) is 13.9. The molecule has 0 bridgehead atoms. The molecule has 2 aromatic heterocycles. The van der Waals surface area contributed by atoms with Crippen LogP contribution < -0.4 is 14.8 Å². The maximum Gasteiger partial charge on any atom is 0.213 e. The molecule has 26 heavy (non-hydrogen) atoms. The first-order chi connectivity index (χ1) is 12.9. The Bertz CT molecular complexity index is 1080. The van der Waals surface area contributed by atoms with Gasteiger partial charge in [-0.3, -0.25) is 4.40 Å². The zero-order valence-corrected chi connectivity index (χ0v) is 13.9. The number of hydrogen-bond acceptors (Lipinski definition) is 5. The zero-order chi connectivity index (χ0) is 17.3. The highest BCUT2D eigenvalue weighted by atomic mass is 16.6. The minimum Gasteiger partial charge on any atom is -0.486 e. The Morgan fingerprint density at radius 1 is 0.923 bits per heavy atom. The van der Waals surface area contributed by atoms with Gasteiger partial charge < -0.3 is 14.8 Å². The molecule has 128 valence electrons. The predicted molar refractivity (Wildman–Crippen MR) is 99.1 cm³/mol. The molecule has 1 N–H and O–H groups in total. The van der Waals surface area contributed by atoms with E-state index in [1.807, 2.05) is 65.2 Å². The molecule has 0 fully saturated rings. The van der Waals surface area contributed by atoms with Gasteiger partial charge in [0.05, 0.1) is 5.69 Å². The van der Waals surface area contributed by atoms with Crippen LogP contribution >= 0.6 is 0 Å². The van der Waals surface area contributed by atoms with Crippen molar-refractivity contribution in [2.75, 3.05) is 18.5 Å². The number of ether oxygens (including phenoxy) is 2. The van der Waals surface area contributed by atoms with Crippen LogP contribution in [-0.4, -0.2) is 27.6 Å². The van der Waals surface area contributed by atoms with E-state index in [0.29, 0.717) is 19.2 Å². The van der Waals surface area contributed by atoms with Gasteiger partial charge in [-0.2, -0.15) is 0 Å². The Morgan fingerprint density at radius 2 is 1.77 bits per heavy atom. The standard InChI is InChI=1S/C20H16N4O2/c1-2-4-15(5-3-1)22-20-23-16(13-19-21-8-9-24(19)20)14-6-7-17-18(12-14)26-11-10-25-17/h1-9,12-13H,10-11H2,(H,22,23). The third-order valence-electron chi connectivity index (χ3n) is 4.26. The number of rotatable bonds is 3. The highest BCUT2D eigenvalue weighted by molar-refractivity contribution is 5.70. The number of benzene rings is 2. The first-order valence-corrected chi connectivity index (χ1v) is 8.43. The summed E-state index contributed by atoms with van der Waals surface area (Å²) in [5.41, 5.74) is 3.56. The molecule has 0 amide bonds. The number of nitrogens with one attached hydrogen (secondary N) is 1. The molecule has 5 rings (SSSR count). The van der Waals surface area contributed by atoms with Crippen molar-refractivity contribution < 1.29 is 9.47 Å². The normalized spacial score (nSPS) is 12.9. The highest BCUT2D eigenvalue weighted by Gasteiger charge is 2.14. The molecular weight excluding hydrogens is 328 g/mol. The van der Waals surface area contributed by atoms with Gasteiger partial charge in [0.1, 0.15) is 18.9 Å². The second kappa shape index (κ2) is 6.07. The lowest BCUT2D eigenvalue weighted by Crippen LogP contribution is -2.15. The van der Waals surface area contributed by atoms with Crippen molar-refractivity contribution in [1.29, 1.82) is 0 Å². The minimum atomic E-state index is 0.560. The monoisotopic (exact) mass is 344 g/mol. The van der Waals surface area contributed by atoms with Gasteiger partial charge in [0.2, 0.25) is 5.95 Å². The van der Waals surface area contributed by atoms with Crippen LogP contribution in [0.4, 0.5) is 11.6 Å². The van der Waals surface area contributed by atoms with E-state index >= 15 is 0 Å². The Balaban J connectivity index is 1.60. The number of para-hydroxylation sites is 1. The van der Waals surface area contributed by atoms with Crippen molar-refractivity contribution in [2.24, 2.45) is 0 Å². The van der Waals surface area contributed by atoms with E-state index in [2.05, 4.69) is 10.3 Å². The summed E-state index contributed by atoms with van der Waals surface area (Å²) < 4.78 is 13.2. The number of anilines is 2. The third kappa shape index (κ3) is 2.61. The van der Waals surface area contributed by atoms with Gasteiger partial charge in [-0.25, -0.2) is 9.97 Å². The van der Waals surface area contributed by atoms with Crippen LogP contribution in [0.2, 0.25) is 0 Å². The summed E-state index contributed by atoms with van der Waals surface area (Å²) in [4.78, 5) is 9.22. The summed E-state index contributed by atoms with van der Waals surface area (Å²) in [5, 5.41) is 3.36. The fourth-order valence-corrected chi connectivity index (χ4v) is 3.01. The van der Waals surface area contributed by atoms with Crippen molar-refractivity contribution in [3.8, 4) is 22.8 Å². The second-order valence-corrected chi connectivity index (χ2v) is 5.97. The molecule has 4 aromatic rings. The second-order valence-electron chi connectivity index (χ2n) is 5.97. The van der Waals surface area contributed by atoms with Gasteiger partial charge in [0, 0.05) is 29.7 Å². The number of fused-ring (bicyclic) bond motifs is 2. The number of imidazole rings is 1. The van der Waals surface area contributed by atoms with Crippen molar-refractivity contribution >= 4 is 17.3 Å². The van der Waals surface area contributed by atoms with Crippen LogP contribution in [0.25, 0.3) is 16.9 Å². The van der Waals surface area contributed by atoms with Crippen LogP contribution in [0.15, 0.2) is 67.0 Å². The molecule has 0 unspecified atom stereocenters. The first-order valence-electron chi connectivity index (χ1n) is 8.43. The summed E-state index contributed by atoms with van der Waals surface area (Å²) in [5.74, 6) is 2.22. The lowest BCUT2D eigenvalue weighted by molar-refractivity contribution is 0.171. The third-order valence-corrected chi connectivity index (χ3v) is 4.26. The number of aromatic nitrogens is 3. The lowest BCUT2D eigenvalue weighted by atomic mass is 10.1. The van der Waals surface area contributed by atoms with Crippen LogP contribution in [-0.2, 0) is 0 Å². The van der Waals surface area contributed by atoms with Crippen molar-refractivity contribution in [3.05, 3.63) is 67.0 Å². The van der Waals surface area contributed by atoms with Crippen molar-refractivity contribution in [3.63, 3.8) is 0 Å². The van der Waals surface area contributed by atoms with E-state index < -0.39 is 0 Å². The molecule has 6 nitrogen and oxygen atoms in total. The smallest absolute Gasteiger partial charge is 0.213 e. The predicted octanol–water partition coefficient (Wildman–Crippen LogP) is 3.91. The molecule has 0 aliphatic carbocycles. The summed E-state index contributed by atoms with van der Waals surface area (Å²) in [6.07, 6.45) is 3.65. The molecule has 0 saturated heterocycles. The average Bonchev–Trinajstić information content (AvgIpc) is 3.17. The van der Waals surface area contributed by atoms with Gasteiger partial charge in [0.15, 0.2) is 11.5 Å². The molecular formula is C20H16N4O2. The molecule has 1 aliphatic rings. The maximum atomic E-state index is 5.69. The first kappa shape index (κ1) is 14.8. The lowest BCUT2D eigenvalue weighted by Gasteiger charge is -2.19. The van der Waals surface area contributed by atoms with Crippen molar-refractivity contribution in [1.82, 2.24) is 14.4 Å². The number of nitrogens with zero attached hydrogens (tertiary/aromatic N) is 3. The Morgan fingerprint density at radius 3 is 2.65 bits per heavy atom. The Hall–Kier alpha value is -3.54. The van der Waals surface area contributed by atoms with Crippen LogP contribution in [0, 0.1) is 0 Å². The summed E-state index contributed by atoms with van der Waals surface area (Å²) in [6, 6.07) is 17.8. The summed E-state index contributed by atoms with van der Waals surface area (Å²) in [6.45, 7) is 1.14. The highest BCUT2D eigenvalue weighted by Crippen LogP contribution is 2.34. The van der Waals surface area contributed by atoms with E-state index in [1.54, 1.807) is 6.20 Å². The fraction of sp³-hybridized carbons (Fsp3) is 0.100. The molecule has 0 spiro atoms. The largest absolute Gasteiger partial charge is 0.486 e. The van der Waals surface area contributed by atoms with Crippen LogP contribution in [0.5, 0.6) is 11.5 Å². The van der Waals surface area contributed by atoms with E-state index in [4.69, 9.17) is 14.5 Å². The SMILES string of the molecule is c1ccc(Nc2nc(-c3ccc4c(c3)OCCO4)cc3nccn23)cc1. The van der Waals surface area contributed by atoms with Gasteiger partial charge in [0.25, 0.3) is 0 Å². The van der Waals surface area contributed by atoms with E-state index in [0.717, 1.165) is 34.1 Å². The van der Waals surface area contributed by atoms with Gasteiger partial charge in [-0.1, -0.05) is 18.2 Å². The van der Waals surface area contributed by atoms with Gasteiger partial charge in [-0.05, 0) is 30.3 Å². The molecule has 0 radical (unpaired) electrons. The fourth-order valence-electron chi connectivity index (χ4n) is 3.01. The summed E-state index contributed by atoms with van der Waals surface area (Å²) >= 11 is 0. The Labute approximate surface area is 150 Å². The topological polar surface area (TPSA) is 60.7 Å².